The third-order valence-corrected chi connectivity index (χ3v) is 5.06. The van der Waals surface area contributed by atoms with Gasteiger partial charge < -0.3 is 14.4 Å². The zero-order valence-corrected chi connectivity index (χ0v) is 16.7. The molecule has 29 heavy (non-hydrogen) atoms. The molecular formula is C24H24N2O3. The predicted molar refractivity (Wildman–Crippen MR) is 111 cm³/mol. The second kappa shape index (κ2) is 8.35. The number of amides is 1. The molecule has 0 saturated carbocycles. The molecule has 148 valence electrons. The van der Waals surface area contributed by atoms with E-state index < -0.39 is 0 Å². The summed E-state index contributed by atoms with van der Waals surface area (Å²) in [5.74, 6) is 1.67. The Morgan fingerprint density at radius 2 is 1.93 bits per heavy atom. The van der Waals surface area contributed by atoms with E-state index in [1.807, 2.05) is 66.4 Å². The van der Waals surface area contributed by atoms with E-state index in [-0.39, 0.29) is 12.0 Å². The first kappa shape index (κ1) is 19.0. The van der Waals surface area contributed by atoms with Crippen LogP contribution >= 0.6 is 0 Å². The summed E-state index contributed by atoms with van der Waals surface area (Å²) in [6.07, 6.45) is 4.52. The first-order chi connectivity index (χ1) is 14.1. The zero-order chi connectivity index (χ0) is 20.2. The highest BCUT2D eigenvalue weighted by Gasteiger charge is 2.23. The number of aromatic nitrogens is 1. The zero-order valence-electron chi connectivity index (χ0n) is 16.7. The van der Waals surface area contributed by atoms with E-state index in [1.165, 1.54) is 0 Å². The van der Waals surface area contributed by atoms with Crippen LogP contribution < -0.4 is 9.47 Å². The van der Waals surface area contributed by atoms with Crippen molar-refractivity contribution in [3.8, 4) is 11.5 Å². The van der Waals surface area contributed by atoms with E-state index >= 15 is 0 Å². The Bertz CT molecular complexity index is 987. The van der Waals surface area contributed by atoms with Crippen molar-refractivity contribution < 1.29 is 14.3 Å². The smallest absolute Gasteiger partial charge is 0.254 e. The van der Waals surface area contributed by atoms with Gasteiger partial charge in [0.1, 0.15) is 17.6 Å². The van der Waals surface area contributed by atoms with Crippen LogP contribution in [0.5, 0.6) is 11.5 Å². The van der Waals surface area contributed by atoms with E-state index in [1.54, 1.807) is 19.5 Å². The van der Waals surface area contributed by atoms with E-state index in [2.05, 4.69) is 4.98 Å². The van der Waals surface area contributed by atoms with E-state index in [9.17, 15) is 4.79 Å². The third-order valence-electron chi connectivity index (χ3n) is 5.06. The topological polar surface area (TPSA) is 51.7 Å². The van der Waals surface area contributed by atoms with E-state index in [0.29, 0.717) is 18.7 Å². The van der Waals surface area contributed by atoms with Crippen molar-refractivity contribution >= 4 is 5.91 Å². The van der Waals surface area contributed by atoms with Gasteiger partial charge >= 0.3 is 0 Å². The lowest BCUT2D eigenvalue weighted by Crippen LogP contribution is -2.30. The lowest BCUT2D eigenvalue weighted by molar-refractivity contribution is 0.0730. The van der Waals surface area contributed by atoms with Crippen LogP contribution in [0.1, 0.15) is 34.0 Å². The van der Waals surface area contributed by atoms with Crippen molar-refractivity contribution in [1.29, 1.82) is 0 Å². The normalized spacial score (nSPS) is 14.8. The Morgan fingerprint density at radius 3 is 2.66 bits per heavy atom. The molecule has 1 aliphatic rings. The third kappa shape index (κ3) is 4.40. The number of fused-ring (bicyclic) bond motifs is 1. The van der Waals surface area contributed by atoms with Gasteiger partial charge in [0.2, 0.25) is 0 Å². The van der Waals surface area contributed by atoms with Gasteiger partial charge in [0.05, 0.1) is 7.11 Å². The molecule has 0 spiro atoms. The van der Waals surface area contributed by atoms with Crippen molar-refractivity contribution in [2.75, 3.05) is 7.11 Å². The van der Waals surface area contributed by atoms with Crippen LogP contribution in [0.25, 0.3) is 0 Å². The number of pyridine rings is 1. The molecule has 1 atom stereocenters. The molecule has 1 unspecified atom stereocenters. The SMILES string of the molecule is COc1ccc(CN(Cc2cccnc2)C(=O)c2ccc3c(c2)CC(C)O3)cc1. The molecule has 4 rings (SSSR count). The molecule has 3 aromatic rings. The largest absolute Gasteiger partial charge is 0.497 e. The number of carbonyl (C=O) groups is 1. The lowest BCUT2D eigenvalue weighted by atomic mass is 10.1. The molecule has 2 aromatic carbocycles. The minimum absolute atomic E-state index is 0.00739. The summed E-state index contributed by atoms with van der Waals surface area (Å²) in [5.41, 5.74) is 3.81. The molecule has 0 radical (unpaired) electrons. The Labute approximate surface area is 170 Å². The highest BCUT2D eigenvalue weighted by atomic mass is 16.5. The summed E-state index contributed by atoms with van der Waals surface area (Å²) in [6.45, 7) is 3.03. The number of hydrogen-bond donors (Lipinski definition) is 0. The lowest BCUT2D eigenvalue weighted by Gasteiger charge is -2.23. The summed E-state index contributed by atoms with van der Waals surface area (Å²) in [7, 11) is 1.64. The number of carbonyl (C=O) groups excluding carboxylic acids is 1. The maximum absolute atomic E-state index is 13.4. The highest BCUT2D eigenvalue weighted by Crippen LogP contribution is 2.30. The summed E-state index contributed by atoms with van der Waals surface area (Å²) < 4.78 is 11.0. The van der Waals surface area contributed by atoms with Gasteiger partial charge in [0, 0.05) is 37.5 Å². The number of hydrogen-bond acceptors (Lipinski definition) is 4. The number of nitrogens with zero attached hydrogens (tertiary/aromatic N) is 2. The molecule has 5 nitrogen and oxygen atoms in total. The van der Waals surface area contributed by atoms with Gasteiger partial charge in [0.15, 0.2) is 0 Å². The van der Waals surface area contributed by atoms with E-state index in [4.69, 9.17) is 9.47 Å². The molecule has 5 heteroatoms. The fraction of sp³-hybridized carbons (Fsp3) is 0.250. The standard InChI is InChI=1S/C24H24N2O3/c1-17-12-21-13-20(7-10-23(21)29-17)24(27)26(16-19-4-3-11-25-14-19)15-18-5-8-22(28-2)9-6-18/h3-11,13-14,17H,12,15-16H2,1-2H3. The first-order valence-electron chi connectivity index (χ1n) is 9.73. The summed E-state index contributed by atoms with van der Waals surface area (Å²) in [4.78, 5) is 19.4. The van der Waals surface area contributed by atoms with Gasteiger partial charge in [-0.2, -0.15) is 0 Å². The average Bonchev–Trinajstić information content (AvgIpc) is 3.13. The van der Waals surface area contributed by atoms with Crippen LogP contribution in [-0.2, 0) is 19.5 Å². The maximum atomic E-state index is 13.4. The van der Waals surface area contributed by atoms with Crippen LogP contribution in [-0.4, -0.2) is 29.0 Å². The molecule has 0 aliphatic carbocycles. The Kier molecular flexibility index (Phi) is 5.47. The quantitative estimate of drug-likeness (QED) is 0.633. The monoisotopic (exact) mass is 388 g/mol. The number of benzene rings is 2. The number of ether oxygens (including phenoxy) is 2. The fourth-order valence-corrected chi connectivity index (χ4v) is 3.60. The molecule has 2 heterocycles. The van der Waals surface area contributed by atoms with Crippen LogP contribution in [0.2, 0.25) is 0 Å². The van der Waals surface area contributed by atoms with Crippen LogP contribution in [0.15, 0.2) is 67.0 Å². The number of methoxy groups -OCH3 is 1. The maximum Gasteiger partial charge on any atom is 0.254 e. The first-order valence-corrected chi connectivity index (χ1v) is 9.73. The van der Waals surface area contributed by atoms with Crippen molar-refractivity contribution in [3.63, 3.8) is 0 Å². The molecular weight excluding hydrogens is 364 g/mol. The Morgan fingerprint density at radius 1 is 1.14 bits per heavy atom. The van der Waals surface area contributed by atoms with Crippen molar-refractivity contribution in [2.24, 2.45) is 0 Å². The highest BCUT2D eigenvalue weighted by molar-refractivity contribution is 5.94. The van der Waals surface area contributed by atoms with Crippen LogP contribution in [0, 0.1) is 0 Å². The van der Waals surface area contributed by atoms with Crippen molar-refractivity contribution in [1.82, 2.24) is 9.88 Å². The van der Waals surface area contributed by atoms with Gasteiger partial charge in [0.25, 0.3) is 5.91 Å². The van der Waals surface area contributed by atoms with E-state index in [0.717, 1.165) is 34.6 Å². The van der Waals surface area contributed by atoms with Gasteiger partial charge in [-0.15, -0.1) is 0 Å². The van der Waals surface area contributed by atoms with Crippen molar-refractivity contribution in [3.05, 3.63) is 89.2 Å². The van der Waals surface area contributed by atoms with Gasteiger partial charge in [-0.25, -0.2) is 0 Å². The predicted octanol–water partition coefficient (Wildman–Crippen LogP) is 4.26. The molecule has 0 saturated heterocycles. The molecule has 0 fully saturated rings. The van der Waals surface area contributed by atoms with Crippen LogP contribution in [0.3, 0.4) is 0 Å². The summed E-state index contributed by atoms with van der Waals surface area (Å²) in [6, 6.07) is 17.4. The van der Waals surface area contributed by atoms with Crippen molar-refractivity contribution in [2.45, 2.75) is 32.5 Å². The van der Waals surface area contributed by atoms with Gasteiger partial charge in [-0.05, 0) is 60.0 Å². The molecule has 0 bridgehead atoms. The average molecular weight is 388 g/mol. The Balaban J connectivity index is 1.60. The van der Waals surface area contributed by atoms with Gasteiger partial charge in [-0.3, -0.25) is 9.78 Å². The molecule has 1 aliphatic heterocycles. The minimum atomic E-state index is -0.00739. The summed E-state index contributed by atoms with van der Waals surface area (Å²) >= 11 is 0. The Hall–Kier alpha value is -3.34. The second-order valence-corrected chi connectivity index (χ2v) is 7.33. The number of rotatable bonds is 6. The second-order valence-electron chi connectivity index (χ2n) is 7.33. The minimum Gasteiger partial charge on any atom is -0.497 e. The van der Waals surface area contributed by atoms with Crippen LogP contribution in [0.4, 0.5) is 0 Å². The summed E-state index contributed by atoms with van der Waals surface area (Å²) in [5, 5.41) is 0. The van der Waals surface area contributed by atoms with Gasteiger partial charge in [-0.1, -0.05) is 18.2 Å². The molecule has 0 N–H and O–H groups in total. The molecule has 1 amide bonds. The molecule has 1 aromatic heterocycles. The fourth-order valence-electron chi connectivity index (χ4n) is 3.60.